The molecule has 1 unspecified atom stereocenters. The van der Waals surface area contributed by atoms with Gasteiger partial charge >= 0.3 is 0 Å². The highest BCUT2D eigenvalue weighted by molar-refractivity contribution is 7.26. The summed E-state index contributed by atoms with van der Waals surface area (Å²) in [6, 6.07) is 97.6. The third-order valence-corrected chi connectivity index (χ3v) is 22.2. The molecule has 3 aromatic heterocycles. The van der Waals surface area contributed by atoms with Gasteiger partial charge in [-0.15, -0.1) is 11.3 Å². The third kappa shape index (κ3) is 10.1. The zero-order valence-corrected chi connectivity index (χ0v) is 60.2. The van der Waals surface area contributed by atoms with Crippen LogP contribution >= 0.6 is 11.3 Å². The normalized spacial score (nSPS) is 14.5. The van der Waals surface area contributed by atoms with Gasteiger partial charge in [0.1, 0.15) is 5.58 Å². The molecule has 98 heavy (non-hydrogen) atoms. The van der Waals surface area contributed by atoms with Crippen LogP contribution in [0.1, 0.15) is 154 Å². The van der Waals surface area contributed by atoms with Crippen molar-refractivity contribution < 1.29 is 4.42 Å². The molecule has 0 radical (unpaired) electrons. The van der Waals surface area contributed by atoms with Gasteiger partial charge in [-0.05, 0) is 186 Å². The summed E-state index contributed by atoms with van der Waals surface area (Å²) in [6.07, 6.45) is 0. The van der Waals surface area contributed by atoms with Gasteiger partial charge in [0.25, 0.3) is 0 Å². The van der Waals surface area contributed by atoms with E-state index in [0.717, 1.165) is 67.3 Å². The molecule has 4 nitrogen and oxygen atoms in total. The van der Waals surface area contributed by atoms with Crippen LogP contribution in [-0.2, 0) is 32.5 Å². The molecule has 5 heteroatoms. The number of aromatic nitrogens is 1. The van der Waals surface area contributed by atoms with Crippen LogP contribution in [0, 0.1) is 0 Å². The Morgan fingerprint density at radius 1 is 0.337 bits per heavy atom. The first-order valence-corrected chi connectivity index (χ1v) is 35.8. The summed E-state index contributed by atoms with van der Waals surface area (Å²) >= 11 is 1.92. The van der Waals surface area contributed by atoms with E-state index >= 15 is 0 Å². The Labute approximate surface area is 582 Å². The smallest absolute Gasteiger partial charge is 0.160 e. The van der Waals surface area contributed by atoms with E-state index in [-0.39, 0.29) is 27.1 Å². The summed E-state index contributed by atoms with van der Waals surface area (Å²) in [6.45, 7) is 34.7. The lowest BCUT2D eigenvalue weighted by molar-refractivity contribution is 0.589. The SMILES string of the molecule is CC(C)(C)c1ccc(N(c2ccccc2)c2cc3c(c4c2oc2ccccc24)-c2c(cc(N(c4ccccc4)c4ccc(C(C)(C)C)cc4)c4c2sc2ccccc24)C3(c2ccc(C(C)(C)C)cc2)c2ccc3c(c2)c2cc(C(C)(C)C)ccc2n3-c2ccc(C(C)(C)C)cc2)cc1. The zero-order chi connectivity index (χ0) is 68.2. The number of furan rings is 1. The van der Waals surface area contributed by atoms with Crippen molar-refractivity contribution in [2.45, 2.75) is 136 Å². The Morgan fingerprint density at radius 3 is 1.31 bits per heavy atom. The molecule has 1 aliphatic carbocycles. The van der Waals surface area contributed by atoms with Crippen molar-refractivity contribution in [2.24, 2.45) is 0 Å². The molecule has 0 fully saturated rings. The van der Waals surface area contributed by atoms with Crippen molar-refractivity contribution >= 4 is 109 Å². The van der Waals surface area contributed by atoms with Gasteiger partial charge < -0.3 is 18.8 Å². The lowest BCUT2D eigenvalue weighted by Gasteiger charge is -2.36. The summed E-state index contributed by atoms with van der Waals surface area (Å²) in [5.74, 6) is 0. The number of anilines is 6. The second kappa shape index (κ2) is 22.6. The van der Waals surface area contributed by atoms with Crippen molar-refractivity contribution in [3.8, 4) is 16.8 Å². The van der Waals surface area contributed by atoms with E-state index in [0.29, 0.717) is 0 Å². The van der Waals surface area contributed by atoms with Crippen molar-refractivity contribution in [3.05, 3.63) is 305 Å². The largest absolute Gasteiger partial charge is 0.454 e. The molecule has 486 valence electrons. The Bertz CT molecular complexity index is 5600. The first kappa shape index (κ1) is 62.8. The van der Waals surface area contributed by atoms with Crippen LogP contribution in [0.3, 0.4) is 0 Å². The van der Waals surface area contributed by atoms with Gasteiger partial charge in [0.2, 0.25) is 0 Å². The Kier molecular flexibility index (Phi) is 14.5. The van der Waals surface area contributed by atoms with Crippen LogP contribution in [0.4, 0.5) is 34.1 Å². The Hall–Kier alpha value is -9.94. The minimum Gasteiger partial charge on any atom is -0.454 e. The fourth-order valence-electron chi connectivity index (χ4n) is 15.7. The molecule has 0 amide bonds. The minimum absolute atomic E-state index is 0.00260. The van der Waals surface area contributed by atoms with Crippen LogP contribution in [0.25, 0.3) is 80.7 Å². The van der Waals surface area contributed by atoms with Crippen LogP contribution < -0.4 is 9.80 Å². The number of thiophene rings is 1. The summed E-state index contributed by atoms with van der Waals surface area (Å²) in [7, 11) is 0. The number of hydrogen-bond acceptors (Lipinski definition) is 4. The third-order valence-electron chi connectivity index (χ3n) is 21.0. The van der Waals surface area contributed by atoms with Crippen LogP contribution in [0.5, 0.6) is 0 Å². The number of rotatable bonds is 9. The Morgan fingerprint density at radius 2 is 0.755 bits per heavy atom. The van der Waals surface area contributed by atoms with Gasteiger partial charge in [0.05, 0.1) is 27.8 Å². The van der Waals surface area contributed by atoms with Gasteiger partial charge in [-0.2, -0.15) is 0 Å². The molecular weight excluding hydrogens is 1210 g/mol. The number of fused-ring (bicyclic) bond motifs is 14. The monoisotopic (exact) mass is 1290 g/mol. The second-order valence-corrected chi connectivity index (χ2v) is 33.7. The number of hydrogen-bond donors (Lipinski definition) is 0. The minimum atomic E-state index is -0.989. The average molecular weight is 1290 g/mol. The molecular formula is C93H87N3OS. The lowest BCUT2D eigenvalue weighted by atomic mass is 9.66. The van der Waals surface area contributed by atoms with Gasteiger partial charge in [0.15, 0.2) is 5.58 Å². The van der Waals surface area contributed by atoms with E-state index in [9.17, 15) is 0 Å². The number of para-hydroxylation sites is 3. The van der Waals surface area contributed by atoms with Crippen LogP contribution in [0.2, 0.25) is 0 Å². The van der Waals surface area contributed by atoms with E-state index in [1.54, 1.807) is 0 Å². The van der Waals surface area contributed by atoms with Crippen LogP contribution in [-0.4, -0.2) is 4.57 Å². The molecule has 0 spiro atoms. The van der Waals surface area contributed by atoms with Gasteiger partial charge in [-0.3, -0.25) is 0 Å². The van der Waals surface area contributed by atoms with Gasteiger partial charge in [-0.25, -0.2) is 0 Å². The first-order valence-electron chi connectivity index (χ1n) is 35.0. The quantitative estimate of drug-likeness (QED) is 0.144. The van der Waals surface area contributed by atoms with Crippen molar-refractivity contribution in [1.82, 2.24) is 4.57 Å². The fraction of sp³-hybridized carbons (Fsp3) is 0.226. The maximum atomic E-state index is 7.61. The highest BCUT2D eigenvalue weighted by Gasteiger charge is 2.51. The molecule has 0 N–H and O–H groups in total. The second-order valence-electron chi connectivity index (χ2n) is 32.6. The summed E-state index contributed by atoms with van der Waals surface area (Å²) in [4.78, 5) is 5.01. The molecule has 15 aromatic rings. The predicted octanol–water partition coefficient (Wildman–Crippen LogP) is 26.8. The molecule has 0 saturated heterocycles. The number of nitrogens with zero attached hydrogens (tertiary/aromatic N) is 3. The summed E-state index contributed by atoms with van der Waals surface area (Å²) < 4.78 is 12.6. The van der Waals surface area contributed by atoms with Crippen LogP contribution in [0.15, 0.2) is 259 Å². The molecule has 1 atom stereocenters. The topological polar surface area (TPSA) is 24.6 Å². The zero-order valence-electron chi connectivity index (χ0n) is 59.4. The summed E-state index contributed by atoms with van der Waals surface area (Å²) in [5, 5.41) is 7.06. The average Bonchev–Trinajstić information content (AvgIpc) is 1.49. The highest BCUT2D eigenvalue weighted by Crippen LogP contribution is 2.66. The van der Waals surface area contributed by atoms with Crippen molar-refractivity contribution in [2.75, 3.05) is 9.80 Å². The van der Waals surface area contributed by atoms with E-state index in [1.165, 1.54) is 97.7 Å². The molecule has 0 saturated carbocycles. The van der Waals surface area contributed by atoms with Gasteiger partial charge in [-0.1, -0.05) is 249 Å². The molecule has 0 aliphatic heterocycles. The van der Waals surface area contributed by atoms with E-state index in [2.05, 4.69) is 373 Å². The highest BCUT2D eigenvalue weighted by atomic mass is 32.1. The first-order chi connectivity index (χ1) is 46.8. The van der Waals surface area contributed by atoms with E-state index < -0.39 is 5.41 Å². The molecule has 1 aliphatic rings. The standard InChI is InChI=1S/C93H87N3OS/c1-88(2,3)58-34-36-62(37-35-58)93(64-45-53-77-73(55-64)72-54-63(92(13,14)15)44-52-76(72)96(77)69-50-42-61(43-51-69)91(10,11)12)74-57-79(95(66-28-20-17-21-29-66)68-48-40-60(41-49-68)90(7,8)9)86-83(70-30-22-24-32-80(70)97-86)84(74)85-75(93)56-78(82-71-31-23-25-33-81(71)98-87(82)85)94(65-26-18-16-19-27-65)67-46-38-59(39-47-67)89(4,5)6/h16-57H,1-15H3. The maximum absolute atomic E-state index is 7.61. The lowest BCUT2D eigenvalue weighted by Crippen LogP contribution is -2.29. The molecule has 16 rings (SSSR count). The van der Waals surface area contributed by atoms with Crippen molar-refractivity contribution in [1.29, 1.82) is 0 Å². The number of benzene rings is 12. The van der Waals surface area contributed by atoms with E-state index in [4.69, 9.17) is 4.42 Å². The summed E-state index contributed by atoms with van der Waals surface area (Å²) in [5.41, 5.74) is 23.9. The van der Waals surface area contributed by atoms with Gasteiger partial charge in [0, 0.05) is 81.3 Å². The molecule has 12 aromatic carbocycles. The molecule has 3 heterocycles. The van der Waals surface area contributed by atoms with Crippen molar-refractivity contribution in [3.63, 3.8) is 0 Å². The maximum Gasteiger partial charge on any atom is 0.160 e. The molecule has 0 bridgehead atoms. The Balaban J connectivity index is 1.13. The predicted molar refractivity (Wildman–Crippen MR) is 421 cm³/mol. The fourth-order valence-corrected chi connectivity index (χ4v) is 17.0. The van der Waals surface area contributed by atoms with E-state index in [1.807, 2.05) is 11.3 Å².